The molecule has 0 aliphatic carbocycles. The fraction of sp³-hybridized carbons (Fsp3) is 0.585. The summed E-state index contributed by atoms with van der Waals surface area (Å²) in [5.41, 5.74) is -0.429. The quantitative estimate of drug-likeness (QED) is 0.0293. The van der Waals surface area contributed by atoms with E-state index in [1.54, 1.807) is 0 Å². The first-order valence-corrected chi connectivity index (χ1v) is 30.4. The van der Waals surface area contributed by atoms with Gasteiger partial charge in [-0.3, -0.25) is 24.2 Å². The Labute approximate surface area is 477 Å². The van der Waals surface area contributed by atoms with Crippen LogP contribution in [0.25, 0.3) is 0 Å². The normalized spacial score (nSPS) is 16.6. The molecule has 10 nitrogen and oxygen atoms in total. The van der Waals surface area contributed by atoms with Crippen molar-refractivity contribution in [2.24, 2.45) is 29.1 Å². The molecule has 12 heteroatoms. The van der Waals surface area contributed by atoms with Crippen molar-refractivity contribution in [1.29, 1.82) is 0 Å². The summed E-state index contributed by atoms with van der Waals surface area (Å²) in [6.07, 6.45) is 55.5. The van der Waals surface area contributed by atoms with Crippen molar-refractivity contribution in [2.75, 3.05) is 57.3 Å². The molecule has 0 bridgehead atoms. The van der Waals surface area contributed by atoms with Crippen LogP contribution in [0.3, 0.4) is 0 Å². The van der Waals surface area contributed by atoms with Crippen LogP contribution in [0.1, 0.15) is 133 Å². The molecule has 0 aliphatic heterocycles. The molecular weight excluding hydrogens is 999 g/mol. The summed E-state index contributed by atoms with van der Waals surface area (Å²) < 4.78 is 0. The van der Waals surface area contributed by atoms with E-state index in [-0.39, 0.29) is 54.2 Å². The van der Waals surface area contributed by atoms with E-state index in [4.69, 9.17) is 0 Å². The van der Waals surface area contributed by atoms with E-state index < -0.39 is 40.9 Å². The van der Waals surface area contributed by atoms with E-state index in [1.165, 1.54) is 0 Å². The van der Waals surface area contributed by atoms with Gasteiger partial charge in [-0.1, -0.05) is 211 Å². The van der Waals surface area contributed by atoms with E-state index in [0.717, 1.165) is 81.3 Å². The van der Waals surface area contributed by atoms with Crippen LogP contribution in [-0.4, -0.2) is 128 Å². The summed E-state index contributed by atoms with van der Waals surface area (Å²) >= 11 is 1.89. The third-order valence-electron chi connectivity index (χ3n) is 13.1. The average Bonchev–Trinajstić information content (AvgIpc) is 3.39. The number of rotatable bonds is 43. The Hall–Kier alpha value is -3.85. The molecule has 8 atom stereocenters. The Morgan fingerprint density at radius 3 is 1.32 bits per heavy atom. The minimum atomic E-state index is -0.861. The predicted octanol–water partition coefficient (Wildman–Crippen LogP) is 12.9. The monoisotopic (exact) mass is 1100 g/mol. The minimum absolute atomic E-state index is 0.0337. The summed E-state index contributed by atoms with van der Waals surface area (Å²) in [5, 5.41) is 47.0. The van der Waals surface area contributed by atoms with Gasteiger partial charge < -0.3 is 25.7 Å². The zero-order chi connectivity index (χ0) is 57.5. The fourth-order valence-electron chi connectivity index (χ4n) is 7.90. The molecule has 1 amide bonds. The summed E-state index contributed by atoms with van der Waals surface area (Å²) in [6, 6.07) is 0. The third kappa shape index (κ3) is 40.9. The first kappa shape index (κ1) is 73.2. The SMILES string of the molecule is C/C=C\C/C=C\C/C=C\CC(C)C(O)CN(CCSC(=O)CNC(=O)C(=O)SCCN(CC(O)C(C)/C=C\C/C=C\C/C=C\C)CC(O)C(C)/C=C\C/C=C\C/C=C\C)CC(O)C(C)(C)CC(C)/C=C\C/C=C\C/C=C\C. The zero-order valence-electron chi connectivity index (χ0n) is 49.1. The van der Waals surface area contributed by atoms with Crippen molar-refractivity contribution in [2.45, 2.75) is 158 Å². The molecule has 0 aromatic rings. The molecule has 0 fully saturated rings. The molecule has 0 aliphatic rings. The number of nitrogens with one attached hydrogen (secondary N) is 1. The first-order chi connectivity index (χ1) is 36.9. The summed E-state index contributed by atoms with van der Waals surface area (Å²) in [4.78, 5) is 43.1. The molecule has 0 spiro atoms. The van der Waals surface area contributed by atoms with Crippen LogP contribution in [0.15, 0.2) is 146 Å². The number of carbonyl (C=O) groups excluding carboxylic acids is 3. The predicted molar refractivity (Wildman–Crippen MR) is 334 cm³/mol. The summed E-state index contributed by atoms with van der Waals surface area (Å²) in [6.45, 7) is 21.9. The van der Waals surface area contributed by atoms with Gasteiger partial charge in [0.25, 0.3) is 11.0 Å². The highest BCUT2D eigenvalue weighted by Crippen LogP contribution is 2.31. The lowest BCUT2D eigenvalue weighted by atomic mass is 9.78. The van der Waals surface area contributed by atoms with Gasteiger partial charge in [-0.05, 0) is 109 Å². The zero-order valence-corrected chi connectivity index (χ0v) is 50.8. The van der Waals surface area contributed by atoms with Gasteiger partial charge in [-0.2, -0.15) is 0 Å². The maximum atomic E-state index is 13.1. The van der Waals surface area contributed by atoms with E-state index in [9.17, 15) is 34.8 Å². The largest absolute Gasteiger partial charge is 0.392 e. The van der Waals surface area contributed by atoms with Gasteiger partial charge in [-0.25, -0.2) is 0 Å². The van der Waals surface area contributed by atoms with Gasteiger partial charge in [0.1, 0.15) is 0 Å². The second kappa shape index (κ2) is 48.1. The molecule has 434 valence electrons. The number of nitrogens with zero attached hydrogens (tertiary/aromatic N) is 2. The van der Waals surface area contributed by atoms with Crippen LogP contribution in [-0.2, 0) is 14.4 Å². The Morgan fingerprint density at radius 2 is 0.870 bits per heavy atom. The molecular formula is C65H105N3O7S2. The standard InChI is InChI=1S/C65H105N3O7S2/c1-11-15-19-23-27-31-35-39-43-57(8)60(71)52-68(53-61(72)65(9,10)48-54(5)40-36-32-28-24-20-16-12-2)44-46-76-62(73)49-66-63(74)64(75)77-47-45-67(50-58(69)55(6)41-37-33-29-25-21-17-13-3)51-59(70)56(7)42-38-34-30-26-22-18-14-4/h11-18,23-30,35-42,54-61,69-72H,19-22,31-34,43-53H2,1-10H3,(H,66,74)/b15-11-,16-12-,17-13-,18-14-,27-23-,28-24-,29-25-,30-26-,39-35-,40-36-,41-37-,42-38-. The van der Waals surface area contributed by atoms with Gasteiger partial charge in [0.15, 0.2) is 0 Å². The van der Waals surface area contributed by atoms with Crippen LogP contribution in [0.4, 0.5) is 0 Å². The number of amides is 1. The van der Waals surface area contributed by atoms with Crippen LogP contribution >= 0.6 is 23.5 Å². The number of carbonyl (C=O) groups is 3. The number of thioether (sulfide) groups is 2. The second-order valence-corrected chi connectivity index (χ2v) is 22.9. The van der Waals surface area contributed by atoms with Crippen LogP contribution < -0.4 is 5.32 Å². The van der Waals surface area contributed by atoms with Crippen LogP contribution in [0.2, 0.25) is 0 Å². The molecule has 0 aromatic heterocycles. The smallest absolute Gasteiger partial charge is 0.299 e. The number of aliphatic hydroxyl groups is 4. The second-order valence-electron chi connectivity index (χ2n) is 20.7. The van der Waals surface area contributed by atoms with Crippen LogP contribution in [0, 0.1) is 29.1 Å². The van der Waals surface area contributed by atoms with Crippen molar-refractivity contribution < 1.29 is 34.8 Å². The molecule has 77 heavy (non-hydrogen) atoms. The lowest BCUT2D eigenvalue weighted by molar-refractivity contribution is -0.133. The number of hydrogen-bond acceptors (Lipinski definition) is 11. The maximum Gasteiger partial charge on any atom is 0.299 e. The molecule has 0 saturated heterocycles. The summed E-state index contributed by atoms with van der Waals surface area (Å²) in [7, 11) is 0. The number of hydrogen-bond donors (Lipinski definition) is 5. The third-order valence-corrected chi connectivity index (χ3v) is 14.8. The van der Waals surface area contributed by atoms with Gasteiger partial charge in [0, 0.05) is 62.6 Å². The minimum Gasteiger partial charge on any atom is -0.392 e. The van der Waals surface area contributed by atoms with E-state index in [1.807, 2.05) is 107 Å². The molecule has 0 saturated carbocycles. The van der Waals surface area contributed by atoms with Crippen molar-refractivity contribution in [3.63, 3.8) is 0 Å². The Bertz CT molecular complexity index is 1880. The maximum absolute atomic E-state index is 13.1. The van der Waals surface area contributed by atoms with Gasteiger partial charge >= 0.3 is 0 Å². The highest BCUT2D eigenvalue weighted by molar-refractivity contribution is 8.15. The van der Waals surface area contributed by atoms with Gasteiger partial charge in [-0.15, -0.1) is 0 Å². The fourth-order valence-corrected chi connectivity index (χ4v) is 9.39. The number of aliphatic hydroxyl groups excluding tert-OH is 4. The molecule has 0 rings (SSSR count). The Kier molecular flexibility index (Phi) is 45.7. The number of allylic oxidation sites excluding steroid dienone is 22. The topological polar surface area (TPSA) is 151 Å². The van der Waals surface area contributed by atoms with Gasteiger partial charge in [0.05, 0.1) is 31.0 Å². The van der Waals surface area contributed by atoms with E-state index in [0.29, 0.717) is 38.4 Å². The van der Waals surface area contributed by atoms with E-state index >= 15 is 0 Å². The lowest BCUT2D eigenvalue weighted by Crippen LogP contribution is -2.46. The molecule has 8 unspecified atom stereocenters. The molecule has 0 radical (unpaired) electrons. The van der Waals surface area contributed by atoms with Gasteiger partial charge in [0.2, 0.25) is 5.12 Å². The van der Waals surface area contributed by atoms with Crippen LogP contribution in [0.5, 0.6) is 0 Å². The Balaban J connectivity index is 5.68. The van der Waals surface area contributed by atoms with E-state index in [2.05, 4.69) is 123 Å². The summed E-state index contributed by atoms with van der Waals surface area (Å²) in [5.74, 6) is -0.345. The Morgan fingerprint density at radius 1 is 0.494 bits per heavy atom. The van der Waals surface area contributed by atoms with Crippen molar-refractivity contribution >= 4 is 39.7 Å². The van der Waals surface area contributed by atoms with Crippen molar-refractivity contribution in [3.8, 4) is 0 Å². The first-order valence-electron chi connectivity index (χ1n) is 28.4. The highest BCUT2D eigenvalue weighted by atomic mass is 32.2. The molecule has 0 heterocycles. The van der Waals surface area contributed by atoms with Crippen molar-refractivity contribution in [3.05, 3.63) is 146 Å². The lowest BCUT2D eigenvalue weighted by Gasteiger charge is -2.37. The average molecular weight is 1100 g/mol. The molecule has 5 N–H and O–H groups in total. The molecule has 0 aromatic carbocycles. The van der Waals surface area contributed by atoms with Crippen molar-refractivity contribution in [1.82, 2.24) is 15.1 Å². The highest BCUT2D eigenvalue weighted by Gasteiger charge is 2.32.